The molecule has 4 bridgehead atoms. The van der Waals surface area contributed by atoms with E-state index >= 15 is 9.59 Å². The molecule has 2 aromatic carbocycles. The van der Waals surface area contributed by atoms with Gasteiger partial charge in [-0.3, -0.25) is 9.59 Å². The average Bonchev–Trinajstić information content (AvgIpc) is 1.91. The molecule has 7 saturated carbocycles. The standard InChI is InChI=1S/C69H99N3O7/c1-64(78)28-9-10-29-65(2)61-54(72-39-64)35-69-46(38-73)24-22-41-14-11-15-42-23-25-50(60(76)63-67(4,79-63)52-21-13-20-49(52)43-16-12-19-47(70)32-43)58(57(41)42)59-53(66(69,3)36-55(59)75)26-27-56(69)68(61,45-17-7-6-8-18-45)34-51(62(65)77)44-30-40(37-71-5)31-48(74)33-44/h12,16,19,30-33,41-42,45-46,49-52,54,56-58,60-61,63,71-74,76,78H,6-11,13-15,17-18,20-29,34-39,70H2,1-5H3. The molecule has 11 aliphatic rings. The van der Waals surface area contributed by atoms with E-state index in [0.29, 0.717) is 73.5 Å². The lowest BCUT2D eigenvalue weighted by Gasteiger charge is -2.75. The van der Waals surface area contributed by atoms with Crippen molar-refractivity contribution in [3.05, 3.63) is 70.3 Å². The quantitative estimate of drug-likeness (QED) is 0.0945. The van der Waals surface area contributed by atoms with Crippen LogP contribution in [0.15, 0.2) is 53.6 Å². The number of hydrogen-bond acceptors (Lipinski definition) is 10. The Kier molecular flexibility index (Phi) is 14.2. The Balaban J connectivity index is 0.981. The fourth-order valence-corrected chi connectivity index (χ4v) is 23.6. The maximum Gasteiger partial charge on any atom is 0.160 e. The van der Waals surface area contributed by atoms with E-state index in [-0.39, 0.29) is 65.4 Å². The van der Waals surface area contributed by atoms with Gasteiger partial charge in [-0.25, -0.2) is 0 Å². The number of nitrogens with one attached hydrogen (secondary N) is 2. The van der Waals surface area contributed by atoms with Gasteiger partial charge in [0.15, 0.2) is 5.78 Å². The van der Waals surface area contributed by atoms with E-state index in [0.717, 1.165) is 138 Å². The maximum atomic E-state index is 16.3. The zero-order valence-corrected chi connectivity index (χ0v) is 48.9. The second-order valence-electron chi connectivity index (χ2n) is 30.1. The summed E-state index contributed by atoms with van der Waals surface area (Å²) >= 11 is 0. The molecule has 79 heavy (non-hydrogen) atoms. The van der Waals surface area contributed by atoms with Crippen LogP contribution < -0.4 is 16.4 Å². The smallest absolute Gasteiger partial charge is 0.160 e. The molecule has 2 heterocycles. The van der Waals surface area contributed by atoms with Crippen molar-refractivity contribution in [3.8, 4) is 5.75 Å². The predicted octanol–water partition coefficient (Wildman–Crippen LogP) is 11.9. The number of anilines is 1. The van der Waals surface area contributed by atoms with Crippen LogP contribution >= 0.6 is 0 Å². The van der Waals surface area contributed by atoms with E-state index < -0.39 is 39.5 Å². The number of rotatable bonds is 9. The number of carbonyl (C=O) groups excluding carboxylic acids is 2. The highest BCUT2D eigenvalue weighted by Gasteiger charge is 2.77. The summed E-state index contributed by atoms with van der Waals surface area (Å²) in [5.74, 6) is 2.55. The number of benzene rings is 2. The number of β-amino-alcohol motifs (C(OH)–C–C–N with tert-alkyl or cyclic N) is 1. The van der Waals surface area contributed by atoms with Crippen LogP contribution in [-0.4, -0.2) is 81.6 Å². The number of epoxide rings is 1. The minimum Gasteiger partial charge on any atom is -0.508 e. The number of nitrogens with two attached hydrogens (primary N) is 1. The largest absolute Gasteiger partial charge is 0.508 e. The first-order chi connectivity index (χ1) is 37.9. The lowest BCUT2D eigenvalue weighted by molar-refractivity contribution is -0.250. The van der Waals surface area contributed by atoms with Gasteiger partial charge in [0.2, 0.25) is 0 Å². The van der Waals surface area contributed by atoms with Crippen molar-refractivity contribution in [2.45, 2.75) is 230 Å². The van der Waals surface area contributed by atoms with E-state index in [9.17, 15) is 20.4 Å². The summed E-state index contributed by atoms with van der Waals surface area (Å²) in [6.07, 6.45) is 22.3. The monoisotopic (exact) mass is 1080 g/mol. The number of allylic oxidation sites excluding steroid dienone is 2. The van der Waals surface area contributed by atoms with Gasteiger partial charge in [0.05, 0.1) is 17.3 Å². The number of aliphatic hydroxyl groups excluding tert-OH is 2. The molecular formula is C69H99N3O7. The molecule has 20 atom stereocenters. The van der Waals surface area contributed by atoms with Gasteiger partial charge < -0.3 is 41.5 Å². The van der Waals surface area contributed by atoms with Gasteiger partial charge in [-0.2, -0.15) is 0 Å². The first-order valence-corrected chi connectivity index (χ1v) is 32.5. The second-order valence-corrected chi connectivity index (χ2v) is 30.1. The van der Waals surface area contributed by atoms with E-state index in [2.05, 4.69) is 55.7 Å². The molecule has 9 aliphatic carbocycles. The van der Waals surface area contributed by atoms with E-state index in [1.807, 2.05) is 32.2 Å². The van der Waals surface area contributed by atoms with Crippen molar-refractivity contribution < 1.29 is 34.8 Å². The van der Waals surface area contributed by atoms with Gasteiger partial charge in [-0.05, 0) is 233 Å². The number of hydrogen-bond donors (Lipinski definition) is 7. The van der Waals surface area contributed by atoms with Gasteiger partial charge in [-0.15, -0.1) is 0 Å². The van der Waals surface area contributed by atoms with Gasteiger partial charge in [0.25, 0.3) is 0 Å². The number of ketones is 2. The molecule has 0 radical (unpaired) electrons. The molecule has 0 amide bonds. The molecular weight excluding hydrogens is 983 g/mol. The molecule has 13 rings (SSSR count). The first kappa shape index (κ1) is 55.1. The summed E-state index contributed by atoms with van der Waals surface area (Å²) in [6.45, 7) is 10.2. The third-order valence-corrected chi connectivity index (χ3v) is 26.4. The van der Waals surface area contributed by atoms with Crippen molar-refractivity contribution in [1.82, 2.24) is 10.6 Å². The Morgan fingerprint density at radius 1 is 0.823 bits per heavy atom. The molecule has 9 fully saturated rings. The van der Waals surface area contributed by atoms with Crippen LogP contribution in [0.5, 0.6) is 5.75 Å². The third-order valence-electron chi connectivity index (χ3n) is 26.4. The van der Waals surface area contributed by atoms with E-state index in [1.54, 1.807) is 0 Å². The number of Topliss-reactive ketones (excluding diaryl/α,β-unsaturated/α-hetero) is 2. The predicted molar refractivity (Wildman–Crippen MR) is 310 cm³/mol. The normalized spacial score (nSPS) is 46.5. The fourth-order valence-electron chi connectivity index (χ4n) is 23.6. The minimum atomic E-state index is -0.925. The average molecular weight is 1080 g/mol. The topological polar surface area (TPSA) is 178 Å². The van der Waals surface area contributed by atoms with Crippen molar-refractivity contribution >= 4 is 17.3 Å². The molecule has 432 valence electrons. The van der Waals surface area contributed by atoms with Crippen LogP contribution in [0.4, 0.5) is 5.69 Å². The summed E-state index contributed by atoms with van der Waals surface area (Å²) < 4.78 is 6.98. The highest BCUT2D eigenvalue weighted by atomic mass is 16.6. The molecule has 1 spiro atoms. The molecule has 10 nitrogen and oxygen atoms in total. The molecule has 20 unspecified atom stereocenters. The van der Waals surface area contributed by atoms with Crippen LogP contribution in [0, 0.1) is 80.8 Å². The van der Waals surface area contributed by atoms with Crippen molar-refractivity contribution in [2.75, 3.05) is 25.9 Å². The Morgan fingerprint density at radius 3 is 2.34 bits per heavy atom. The van der Waals surface area contributed by atoms with Gasteiger partial charge in [0.1, 0.15) is 17.6 Å². The number of aromatic hydroxyl groups is 1. The molecule has 0 aromatic heterocycles. The summed E-state index contributed by atoms with van der Waals surface area (Å²) in [7, 11) is 1.93. The lowest BCUT2D eigenvalue weighted by Crippen LogP contribution is -2.75. The minimum absolute atomic E-state index is 0.00108. The van der Waals surface area contributed by atoms with Crippen molar-refractivity contribution in [3.63, 3.8) is 0 Å². The van der Waals surface area contributed by atoms with E-state index in [4.69, 9.17) is 10.5 Å². The number of aliphatic hydroxyl groups is 3. The number of ether oxygens (including phenoxy) is 1. The maximum absolute atomic E-state index is 16.3. The summed E-state index contributed by atoms with van der Waals surface area (Å²) in [5, 5.41) is 57.3. The number of nitrogen functional groups attached to an aromatic ring is 1. The van der Waals surface area contributed by atoms with Crippen molar-refractivity contribution in [1.29, 1.82) is 0 Å². The van der Waals surface area contributed by atoms with Crippen LogP contribution in [0.2, 0.25) is 0 Å². The lowest BCUT2D eigenvalue weighted by atomic mass is 9.29. The Bertz CT molecular complexity index is 2700. The fraction of sp³-hybridized carbons (Fsp3) is 0.768. The van der Waals surface area contributed by atoms with Crippen LogP contribution in [0.25, 0.3) is 0 Å². The molecule has 2 saturated heterocycles. The summed E-state index contributed by atoms with van der Waals surface area (Å²) in [5.41, 5.74) is 9.38. The molecule has 2 aromatic rings. The SMILES string of the molecule is CNCc1cc(O)cc(C2CC3(C4CCCCC4)C4C(CC56C(CO)CCC7CCCC8CCC(C(O)C9OC9(C)C9CCCC9c9cccc(N)c9)C(C9=C(CCC35)C6(C)CC9=O)C87)NCC(C)(O)CCCCC4(C)C2=O)c1. The number of fused-ring (bicyclic) bond motifs is 2. The highest BCUT2D eigenvalue weighted by Crippen LogP contribution is 2.80. The number of phenolic OH excluding ortho intramolecular Hbond substituents is 1. The van der Waals surface area contributed by atoms with Gasteiger partial charge in [-0.1, -0.05) is 95.4 Å². The van der Waals surface area contributed by atoms with Crippen LogP contribution in [0.1, 0.15) is 210 Å². The van der Waals surface area contributed by atoms with Crippen molar-refractivity contribution in [2.24, 2.45) is 80.8 Å². The Labute approximate surface area is 473 Å². The summed E-state index contributed by atoms with van der Waals surface area (Å²) in [6, 6.07) is 14.2. The zero-order chi connectivity index (χ0) is 55.0. The number of carbonyl (C=O) groups is 2. The second kappa shape index (κ2) is 20.3. The van der Waals surface area contributed by atoms with Crippen LogP contribution in [-0.2, 0) is 20.9 Å². The van der Waals surface area contributed by atoms with Gasteiger partial charge in [0, 0.05) is 54.6 Å². The van der Waals surface area contributed by atoms with Crippen LogP contribution in [0.3, 0.4) is 0 Å². The number of phenols is 1. The molecule has 8 N–H and O–H groups in total. The van der Waals surface area contributed by atoms with E-state index in [1.165, 1.54) is 30.4 Å². The van der Waals surface area contributed by atoms with Gasteiger partial charge >= 0.3 is 0 Å². The Morgan fingerprint density at radius 2 is 1.58 bits per heavy atom. The summed E-state index contributed by atoms with van der Waals surface area (Å²) in [4.78, 5) is 32.6. The highest BCUT2D eigenvalue weighted by molar-refractivity contribution is 6.01. The molecule has 10 heteroatoms. The Hall–Kier alpha value is -3.12. The third kappa shape index (κ3) is 8.46. The molecule has 2 aliphatic heterocycles. The first-order valence-electron chi connectivity index (χ1n) is 32.5. The zero-order valence-electron chi connectivity index (χ0n) is 48.9.